The summed E-state index contributed by atoms with van der Waals surface area (Å²) in [5, 5.41) is 60.7. The number of amides is 7. The van der Waals surface area contributed by atoms with E-state index in [1.807, 2.05) is 0 Å². The van der Waals surface area contributed by atoms with Gasteiger partial charge in [0.2, 0.25) is 29.5 Å². The number of rotatable bonds is 25. The van der Waals surface area contributed by atoms with Gasteiger partial charge in [-0.05, 0) is 54.7 Å². The highest BCUT2D eigenvalue weighted by atomic mass is 17.0. The van der Waals surface area contributed by atoms with E-state index in [-0.39, 0.29) is 103 Å². The molecule has 24 nitrogen and oxygen atoms in total. The Kier molecular flexibility index (Phi) is 20.1. The first kappa shape index (κ1) is 52.0. The first-order valence-electron chi connectivity index (χ1n) is 20.3. The Morgan fingerprint density at radius 3 is 1.29 bits per heavy atom. The maximum atomic E-state index is 13.2. The lowest BCUT2D eigenvalue weighted by Crippen LogP contribution is -2.50. The molecule has 1 saturated heterocycles. The molecule has 2 aromatic carbocycles. The van der Waals surface area contributed by atoms with Crippen LogP contribution in [-0.4, -0.2) is 135 Å². The summed E-state index contributed by atoms with van der Waals surface area (Å²) in [4.78, 5) is 126. The van der Waals surface area contributed by atoms with Gasteiger partial charge in [-0.15, -0.1) is 0 Å². The minimum atomic E-state index is -2.09. The third-order valence-corrected chi connectivity index (χ3v) is 9.68. The highest BCUT2D eigenvalue weighted by molar-refractivity contribution is 5.96. The fourth-order valence-corrected chi connectivity index (χ4v) is 6.25. The van der Waals surface area contributed by atoms with Crippen LogP contribution in [0.2, 0.25) is 0 Å². The second kappa shape index (κ2) is 25.1. The van der Waals surface area contributed by atoms with Gasteiger partial charge in [-0.2, -0.15) is 5.21 Å². The van der Waals surface area contributed by atoms with E-state index in [4.69, 9.17) is 0 Å². The number of hydrogen-bond donors (Lipinski definition) is 9. The van der Waals surface area contributed by atoms with Crippen molar-refractivity contribution in [2.75, 3.05) is 40.4 Å². The number of carbonyl (C=O) groups excluding carboxylic acids is 10. The molecule has 0 aromatic heterocycles. The van der Waals surface area contributed by atoms with Crippen molar-refractivity contribution in [3.63, 3.8) is 0 Å². The summed E-state index contributed by atoms with van der Waals surface area (Å²) in [5.74, 6) is -9.44. The van der Waals surface area contributed by atoms with Crippen LogP contribution in [0, 0.1) is 0 Å². The van der Waals surface area contributed by atoms with E-state index in [1.165, 1.54) is 29.2 Å². The molecular weight excluding hydrogens is 864 g/mol. The van der Waals surface area contributed by atoms with Crippen molar-refractivity contribution in [3.8, 4) is 23.0 Å². The molecule has 0 aliphatic carbocycles. The molecule has 1 fully saturated rings. The zero-order chi connectivity index (χ0) is 48.3. The lowest BCUT2D eigenvalue weighted by atomic mass is 10.1. The molecule has 0 unspecified atom stereocenters. The van der Waals surface area contributed by atoms with E-state index in [2.05, 4.69) is 35.6 Å². The molecule has 0 atom stereocenters. The number of hydrogen-bond acceptors (Lipinski definition) is 18. The first-order chi connectivity index (χ1) is 30.8. The summed E-state index contributed by atoms with van der Waals surface area (Å²) < 4.78 is 9.01. The van der Waals surface area contributed by atoms with E-state index in [0.29, 0.717) is 11.1 Å². The number of esters is 2. The molecule has 9 N–H and O–H groups in total. The van der Waals surface area contributed by atoms with Gasteiger partial charge < -0.3 is 56.1 Å². The van der Waals surface area contributed by atoms with Crippen LogP contribution < -0.4 is 21.3 Å². The number of aromatic hydroxyl groups is 4. The SMILES string of the molecule is COC(=O)c1c(O)cc(CNC(=O)CCCC(=O)NCCN(CCNC(=O)CCCC(=O)NCc2cc(O)c(C(=O)OC)c(O)c2)C(=O)CCCC(=O)O[N+]2(O)C(=O)CCC2=O)cc1O. The van der Waals surface area contributed by atoms with Crippen LogP contribution in [0.3, 0.4) is 0 Å². The van der Waals surface area contributed by atoms with Crippen LogP contribution in [0.5, 0.6) is 23.0 Å². The molecule has 7 amide bonds. The molecule has 3 rings (SSSR count). The molecule has 24 heteroatoms. The van der Waals surface area contributed by atoms with E-state index in [9.17, 15) is 73.6 Å². The van der Waals surface area contributed by atoms with E-state index >= 15 is 0 Å². The highest BCUT2D eigenvalue weighted by Crippen LogP contribution is 2.30. The Balaban J connectivity index is 1.44. The smallest absolute Gasteiger partial charge is 0.397 e. The minimum Gasteiger partial charge on any atom is -0.507 e. The van der Waals surface area contributed by atoms with Crippen molar-refractivity contribution in [2.24, 2.45) is 0 Å². The number of imide groups is 1. The Hall–Kier alpha value is -7.34. The van der Waals surface area contributed by atoms with Crippen LogP contribution in [0.15, 0.2) is 24.3 Å². The van der Waals surface area contributed by atoms with Gasteiger partial charge in [-0.1, -0.05) is 0 Å². The van der Waals surface area contributed by atoms with Crippen molar-refractivity contribution < 1.29 is 92.7 Å². The van der Waals surface area contributed by atoms with Crippen LogP contribution in [0.25, 0.3) is 0 Å². The van der Waals surface area contributed by atoms with Crippen molar-refractivity contribution >= 4 is 59.3 Å². The van der Waals surface area contributed by atoms with Gasteiger partial charge in [-0.3, -0.25) is 24.0 Å². The monoisotopic (exact) mass is 917 g/mol. The predicted molar refractivity (Wildman–Crippen MR) is 217 cm³/mol. The molecular formula is C41H53N6O18+. The second-order valence-corrected chi connectivity index (χ2v) is 14.5. The zero-order valence-electron chi connectivity index (χ0n) is 35.8. The normalized spacial score (nSPS) is 12.7. The molecule has 1 aliphatic heterocycles. The van der Waals surface area contributed by atoms with Gasteiger partial charge in [0.1, 0.15) is 38.9 Å². The molecule has 354 valence electrons. The van der Waals surface area contributed by atoms with Crippen molar-refractivity contribution in [2.45, 2.75) is 83.7 Å². The number of phenols is 4. The van der Waals surface area contributed by atoms with Gasteiger partial charge in [0, 0.05) is 71.4 Å². The lowest BCUT2D eigenvalue weighted by molar-refractivity contribution is -1.12. The van der Waals surface area contributed by atoms with Gasteiger partial charge in [-0.25, -0.2) is 28.8 Å². The largest absolute Gasteiger partial charge is 0.507 e. The predicted octanol–water partition coefficient (Wildman–Crippen LogP) is 0.0979. The summed E-state index contributed by atoms with van der Waals surface area (Å²) in [6.45, 7) is -0.368. The fourth-order valence-electron chi connectivity index (χ4n) is 6.25. The molecule has 1 heterocycles. The number of hydroxylamine groups is 4. The minimum absolute atomic E-state index is 0.0411. The fraction of sp³-hybridized carbons (Fsp3) is 0.463. The Labute approximate surface area is 371 Å². The van der Waals surface area contributed by atoms with E-state index in [1.54, 1.807) is 0 Å². The summed E-state index contributed by atoms with van der Waals surface area (Å²) in [6, 6.07) is 4.71. The number of carbonyl (C=O) groups is 10. The molecule has 0 bridgehead atoms. The van der Waals surface area contributed by atoms with Crippen molar-refractivity contribution in [3.05, 3.63) is 46.5 Å². The number of ether oxygens (including phenoxy) is 2. The number of quaternary nitrogens is 1. The maximum absolute atomic E-state index is 13.2. The summed E-state index contributed by atoms with van der Waals surface area (Å²) in [7, 11) is 2.16. The van der Waals surface area contributed by atoms with Crippen LogP contribution in [0.4, 0.5) is 0 Å². The lowest BCUT2D eigenvalue weighted by Gasteiger charge is -2.23. The number of benzene rings is 2. The number of nitrogens with zero attached hydrogens (tertiary/aromatic N) is 2. The second-order valence-electron chi connectivity index (χ2n) is 14.5. The maximum Gasteiger partial charge on any atom is 0.397 e. The van der Waals surface area contributed by atoms with Gasteiger partial charge in [0.05, 0.1) is 33.5 Å². The third-order valence-electron chi connectivity index (χ3n) is 9.68. The van der Waals surface area contributed by atoms with Crippen molar-refractivity contribution in [1.29, 1.82) is 0 Å². The average molecular weight is 918 g/mol. The standard InChI is InChI=1S/C41H52N6O18/c1-63-40(60)38-26(48)18-24(19-27(38)49)22-44-32(54)8-3-6-30(52)42-14-16-46(34(56)10-5-11-37(59)65-47(62)35(57)12-13-36(47)58)17-15-43-31(53)7-4-9-33(55)45-23-25-20-28(50)39(29(51)21-25)41(61)64-2/h18-21,62H,3-17,22-23H2,1-2H3,(H7-,42,43,44,45,48,49,50,51,52,53,54,55,60,61)/p+1. The first-order valence-corrected chi connectivity index (χ1v) is 20.3. The van der Waals surface area contributed by atoms with Crippen molar-refractivity contribution in [1.82, 2.24) is 26.2 Å². The van der Waals surface area contributed by atoms with Gasteiger partial charge >= 0.3 is 29.7 Å². The molecule has 1 aliphatic rings. The van der Waals surface area contributed by atoms with E-state index in [0.717, 1.165) is 14.2 Å². The van der Waals surface area contributed by atoms with Crippen LogP contribution in [-0.2, 0) is 65.8 Å². The third kappa shape index (κ3) is 16.1. The highest BCUT2D eigenvalue weighted by Gasteiger charge is 2.55. The summed E-state index contributed by atoms with van der Waals surface area (Å²) in [6.07, 6.45) is -1.39. The number of phenolic OH excluding ortho intramolecular Hbond substituents is 4. The molecule has 0 spiro atoms. The van der Waals surface area contributed by atoms with Gasteiger partial charge in [0.25, 0.3) is 0 Å². The summed E-state index contributed by atoms with van der Waals surface area (Å²) in [5.41, 5.74) is -0.269. The Morgan fingerprint density at radius 2 is 0.923 bits per heavy atom. The average Bonchev–Trinajstić information content (AvgIpc) is 3.49. The molecule has 2 aromatic rings. The Bertz CT molecular complexity index is 1970. The molecule has 0 saturated carbocycles. The number of nitrogens with one attached hydrogen (secondary N) is 4. The Morgan fingerprint density at radius 1 is 0.569 bits per heavy atom. The summed E-state index contributed by atoms with van der Waals surface area (Å²) >= 11 is 0. The van der Waals surface area contributed by atoms with E-state index < -0.39 is 105 Å². The molecule has 65 heavy (non-hydrogen) atoms. The zero-order valence-corrected chi connectivity index (χ0v) is 35.8. The van der Waals surface area contributed by atoms with Crippen LogP contribution >= 0.6 is 0 Å². The van der Waals surface area contributed by atoms with Gasteiger partial charge in [0.15, 0.2) is 0 Å². The molecule has 0 radical (unpaired) electrons. The topological polar surface area (TPSA) is 351 Å². The number of methoxy groups -OCH3 is 2. The quantitative estimate of drug-likeness (QED) is 0.0276. The van der Waals surface area contributed by atoms with Crippen LogP contribution in [0.1, 0.15) is 102 Å².